The Kier molecular flexibility index (Phi) is 4.71. The van der Waals surface area contributed by atoms with E-state index in [9.17, 15) is 4.79 Å². The van der Waals surface area contributed by atoms with Crippen molar-refractivity contribution in [3.8, 4) is 6.07 Å². The largest absolute Gasteiger partial charge is 0.338 e. The molecule has 0 saturated carbocycles. The van der Waals surface area contributed by atoms with Gasteiger partial charge in [-0.05, 0) is 43.0 Å². The smallest absolute Gasteiger partial charge is 0.274 e. The van der Waals surface area contributed by atoms with Crippen LogP contribution in [-0.2, 0) is 0 Å². The van der Waals surface area contributed by atoms with Gasteiger partial charge >= 0.3 is 0 Å². The average molecular weight is 321 g/mol. The Bertz CT molecular complexity index is 766. The summed E-state index contributed by atoms with van der Waals surface area (Å²) in [6, 6.07) is 12.7. The third-order valence-corrected chi connectivity index (χ3v) is 4.14. The second-order valence-corrected chi connectivity index (χ2v) is 6.08. The molecule has 1 fully saturated rings. The Hall–Kier alpha value is -2.94. The van der Waals surface area contributed by atoms with Crippen molar-refractivity contribution in [2.24, 2.45) is 5.92 Å². The third-order valence-electron chi connectivity index (χ3n) is 4.14. The molecule has 2 heterocycles. The molecule has 1 atom stereocenters. The zero-order valence-corrected chi connectivity index (χ0v) is 13.6. The third kappa shape index (κ3) is 3.51. The van der Waals surface area contributed by atoms with Gasteiger partial charge in [0.2, 0.25) is 0 Å². The first kappa shape index (κ1) is 15.9. The number of rotatable bonds is 3. The van der Waals surface area contributed by atoms with Gasteiger partial charge < -0.3 is 10.2 Å². The molecule has 3 rings (SSSR count). The number of amides is 1. The maximum atomic E-state index is 12.5. The van der Waals surface area contributed by atoms with Crippen molar-refractivity contribution < 1.29 is 4.79 Å². The van der Waals surface area contributed by atoms with Gasteiger partial charge in [-0.2, -0.15) is 5.26 Å². The molecule has 6 nitrogen and oxygen atoms in total. The van der Waals surface area contributed by atoms with E-state index in [1.165, 1.54) is 0 Å². The predicted molar refractivity (Wildman–Crippen MR) is 90.8 cm³/mol. The molecular formula is C18H19N5O. The Morgan fingerprint density at radius 2 is 2.12 bits per heavy atom. The van der Waals surface area contributed by atoms with Gasteiger partial charge in [0.15, 0.2) is 11.5 Å². The van der Waals surface area contributed by atoms with Gasteiger partial charge in [0, 0.05) is 13.1 Å². The SMILES string of the molecule is CC1CCCN(C(=O)c2ccc(Nc3ccccc3C#N)nn2)C1. The number of hydrogen-bond donors (Lipinski definition) is 1. The number of para-hydroxylation sites is 1. The van der Waals surface area contributed by atoms with E-state index in [1.54, 1.807) is 30.3 Å². The average Bonchev–Trinajstić information content (AvgIpc) is 2.62. The lowest BCUT2D eigenvalue weighted by Gasteiger charge is -2.30. The van der Waals surface area contributed by atoms with E-state index in [1.807, 2.05) is 11.0 Å². The van der Waals surface area contributed by atoms with Crippen molar-refractivity contribution in [3.05, 3.63) is 47.7 Å². The predicted octanol–water partition coefficient (Wildman–Crippen LogP) is 2.96. The first-order valence-electron chi connectivity index (χ1n) is 8.06. The normalized spacial score (nSPS) is 17.2. The van der Waals surface area contributed by atoms with Crippen molar-refractivity contribution in [3.63, 3.8) is 0 Å². The Balaban J connectivity index is 1.71. The van der Waals surface area contributed by atoms with Gasteiger partial charge in [0.1, 0.15) is 6.07 Å². The molecular weight excluding hydrogens is 302 g/mol. The highest BCUT2D eigenvalue weighted by Crippen LogP contribution is 2.20. The minimum atomic E-state index is -0.0713. The fourth-order valence-corrected chi connectivity index (χ4v) is 2.88. The minimum Gasteiger partial charge on any atom is -0.338 e. The standard InChI is InChI=1S/C18H19N5O/c1-13-5-4-10-23(12-13)18(24)16-8-9-17(22-21-16)20-15-7-3-2-6-14(15)11-19/h2-3,6-9,13H,4-5,10,12H2,1H3,(H,20,22). The molecule has 1 aliphatic rings. The molecule has 0 aliphatic carbocycles. The van der Waals surface area contributed by atoms with Crippen LogP contribution < -0.4 is 5.32 Å². The van der Waals surface area contributed by atoms with Crippen LogP contribution in [0.15, 0.2) is 36.4 Å². The van der Waals surface area contributed by atoms with Crippen LogP contribution in [0.1, 0.15) is 35.8 Å². The highest BCUT2D eigenvalue weighted by molar-refractivity contribution is 5.92. The van der Waals surface area contributed by atoms with Gasteiger partial charge in [-0.3, -0.25) is 4.79 Å². The van der Waals surface area contributed by atoms with Crippen molar-refractivity contribution in [1.29, 1.82) is 5.26 Å². The van der Waals surface area contributed by atoms with E-state index < -0.39 is 0 Å². The van der Waals surface area contributed by atoms with E-state index >= 15 is 0 Å². The minimum absolute atomic E-state index is 0.0713. The molecule has 24 heavy (non-hydrogen) atoms. The van der Waals surface area contributed by atoms with Gasteiger partial charge in [-0.15, -0.1) is 10.2 Å². The summed E-state index contributed by atoms with van der Waals surface area (Å²) in [5.41, 5.74) is 1.54. The molecule has 1 aromatic heterocycles. The van der Waals surface area contributed by atoms with Gasteiger partial charge in [0.25, 0.3) is 5.91 Å². The Labute approximate surface area is 141 Å². The van der Waals surface area contributed by atoms with Crippen LogP contribution in [-0.4, -0.2) is 34.1 Å². The number of hydrogen-bond acceptors (Lipinski definition) is 5. The summed E-state index contributed by atoms with van der Waals surface area (Å²) in [7, 11) is 0. The summed E-state index contributed by atoms with van der Waals surface area (Å²) in [4.78, 5) is 14.3. The first-order valence-corrected chi connectivity index (χ1v) is 8.06. The quantitative estimate of drug-likeness (QED) is 0.940. The number of piperidine rings is 1. The maximum Gasteiger partial charge on any atom is 0.274 e. The molecule has 0 bridgehead atoms. The summed E-state index contributed by atoms with van der Waals surface area (Å²) in [6.45, 7) is 3.71. The molecule has 1 aliphatic heterocycles. The lowest BCUT2D eigenvalue weighted by Crippen LogP contribution is -2.39. The van der Waals surface area contributed by atoms with Crippen LogP contribution in [0, 0.1) is 17.2 Å². The van der Waals surface area contributed by atoms with Crippen molar-refractivity contribution >= 4 is 17.4 Å². The zero-order valence-electron chi connectivity index (χ0n) is 13.6. The summed E-state index contributed by atoms with van der Waals surface area (Å²) < 4.78 is 0. The second-order valence-electron chi connectivity index (χ2n) is 6.08. The van der Waals surface area contributed by atoms with E-state index in [0.717, 1.165) is 25.9 Å². The molecule has 1 aromatic carbocycles. The number of anilines is 2. The van der Waals surface area contributed by atoms with E-state index in [0.29, 0.717) is 28.7 Å². The number of carbonyl (C=O) groups excluding carboxylic acids is 1. The van der Waals surface area contributed by atoms with E-state index in [4.69, 9.17) is 5.26 Å². The number of nitrogens with one attached hydrogen (secondary N) is 1. The summed E-state index contributed by atoms with van der Waals surface area (Å²) in [6.07, 6.45) is 2.20. The zero-order chi connectivity index (χ0) is 16.9. The van der Waals surface area contributed by atoms with Crippen LogP contribution >= 0.6 is 0 Å². The van der Waals surface area contributed by atoms with Crippen molar-refractivity contribution in [2.75, 3.05) is 18.4 Å². The van der Waals surface area contributed by atoms with Crippen LogP contribution in [0.25, 0.3) is 0 Å². The molecule has 2 aromatic rings. The molecule has 0 radical (unpaired) electrons. The van der Waals surface area contributed by atoms with Gasteiger partial charge in [-0.25, -0.2) is 0 Å². The number of carbonyl (C=O) groups is 1. The van der Waals surface area contributed by atoms with Crippen LogP contribution in [0.3, 0.4) is 0 Å². The van der Waals surface area contributed by atoms with Crippen LogP contribution in [0.2, 0.25) is 0 Å². The monoisotopic (exact) mass is 321 g/mol. The lowest BCUT2D eigenvalue weighted by atomic mass is 10.00. The van der Waals surface area contributed by atoms with Gasteiger partial charge in [0.05, 0.1) is 11.3 Å². The summed E-state index contributed by atoms with van der Waals surface area (Å²) in [5.74, 6) is 0.957. The lowest BCUT2D eigenvalue weighted by molar-refractivity contribution is 0.0676. The molecule has 122 valence electrons. The fraction of sp³-hybridized carbons (Fsp3) is 0.333. The molecule has 1 saturated heterocycles. The van der Waals surface area contributed by atoms with Gasteiger partial charge in [-0.1, -0.05) is 19.1 Å². The van der Waals surface area contributed by atoms with E-state index in [2.05, 4.69) is 28.5 Å². The first-order chi connectivity index (χ1) is 11.7. The Morgan fingerprint density at radius 3 is 2.83 bits per heavy atom. The molecule has 1 unspecified atom stereocenters. The molecule has 1 N–H and O–H groups in total. The number of nitriles is 1. The molecule has 6 heteroatoms. The maximum absolute atomic E-state index is 12.5. The van der Waals surface area contributed by atoms with Crippen LogP contribution in [0.5, 0.6) is 0 Å². The number of aromatic nitrogens is 2. The second kappa shape index (κ2) is 7.09. The van der Waals surface area contributed by atoms with Crippen LogP contribution in [0.4, 0.5) is 11.5 Å². The molecule has 0 spiro atoms. The van der Waals surface area contributed by atoms with Crippen molar-refractivity contribution in [2.45, 2.75) is 19.8 Å². The summed E-state index contributed by atoms with van der Waals surface area (Å²) >= 11 is 0. The molecule has 1 amide bonds. The number of benzene rings is 1. The van der Waals surface area contributed by atoms with E-state index in [-0.39, 0.29) is 5.91 Å². The van der Waals surface area contributed by atoms with Crippen molar-refractivity contribution in [1.82, 2.24) is 15.1 Å². The fourth-order valence-electron chi connectivity index (χ4n) is 2.88. The number of likely N-dealkylation sites (tertiary alicyclic amines) is 1. The number of nitrogens with zero attached hydrogens (tertiary/aromatic N) is 4. The Morgan fingerprint density at radius 1 is 1.29 bits per heavy atom. The topological polar surface area (TPSA) is 81.9 Å². The highest BCUT2D eigenvalue weighted by atomic mass is 16.2. The summed E-state index contributed by atoms with van der Waals surface area (Å²) in [5, 5.41) is 20.3. The highest BCUT2D eigenvalue weighted by Gasteiger charge is 2.23.